The average Bonchev–Trinajstić information content (AvgIpc) is 4.02. The number of benzene rings is 4. The second-order valence-electron chi connectivity index (χ2n) is 18.6. The molecular formula is C54H58N8O14S4. The van der Waals surface area contributed by atoms with Crippen LogP contribution >= 0.6 is 45.1 Å². The normalized spacial score (nSPS) is 22.5. The van der Waals surface area contributed by atoms with Crippen molar-refractivity contribution >= 4 is 105 Å². The highest BCUT2D eigenvalue weighted by Gasteiger charge is 2.36. The molecule has 2 aliphatic heterocycles. The highest BCUT2D eigenvalue weighted by Crippen LogP contribution is 2.45. The lowest BCUT2D eigenvalue weighted by molar-refractivity contribution is -0.149. The fourth-order valence-corrected chi connectivity index (χ4v) is 12.8. The van der Waals surface area contributed by atoms with Crippen molar-refractivity contribution in [1.82, 2.24) is 42.5 Å². The van der Waals surface area contributed by atoms with E-state index in [1.54, 1.807) is 12.5 Å². The summed E-state index contributed by atoms with van der Waals surface area (Å²) >= 11 is 2.33. The Kier molecular flexibility index (Phi) is 20.7. The number of rotatable bonds is 10. The van der Waals surface area contributed by atoms with Gasteiger partial charge in [0.15, 0.2) is 0 Å². The molecule has 6 atom stereocenters. The van der Waals surface area contributed by atoms with Gasteiger partial charge in [0.2, 0.25) is 35.4 Å². The molecule has 0 saturated carbocycles. The average molecular weight is 1170 g/mol. The molecule has 2 aliphatic carbocycles. The highest BCUT2D eigenvalue weighted by molar-refractivity contribution is 8.76. The number of thioether (sulfide) groups is 2. The van der Waals surface area contributed by atoms with E-state index < -0.39 is 122 Å². The van der Waals surface area contributed by atoms with Crippen LogP contribution in [-0.2, 0) is 57.3 Å². The zero-order valence-corrected chi connectivity index (χ0v) is 46.5. The Labute approximate surface area is 476 Å². The number of carbonyl (C=O) groups is 10. The van der Waals surface area contributed by atoms with Crippen molar-refractivity contribution in [3.8, 4) is 22.3 Å². The molecule has 8 rings (SSSR count). The van der Waals surface area contributed by atoms with Gasteiger partial charge < -0.3 is 61.5 Å². The Hall–Kier alpha value is -7.42. The summed E-state index contributed by atoms with van der Waals surface area (Å²) in [5, 5.41) is 19.9. The summed E-state index contributed by atoms with van der Waals surface area (Å²) in [6, 6.07) is 21.9. The van der Waals surface area contributed by atoms with Crippen LogP contribution < -0.4 is 42.5 Å². The van der Waals surface area contributed by atoms with Crippen molar-refractivity contribution in [2.45, 2.75) is 48.1 Å². The zero-order chi connectivity index (χ0) is 56.7. The first-order valence-electron chi connectivity index (χ1n) is 25.3. The third-order valence-corrected chi connectivity index (χ3v) is 17.0. The number of alkyl carbamates (subject to hydrolysis) is 2. The quantitative estimate of drug-likeness (QED) is 0.0641. The van der Waals surface area contributed by atoms with Gasteiger partial charge >= 0.3 is 24.1 Å². The first kappa shape index (κ1) is 58.7. The smallest absolute Gasteiger partial charge is 0.407 e. The van der Waals surface area contributed by atoms with Crippen LogP contribution in [0.15, 0.2) is 97.1 Å². The van der Waals surface area contributed by atoms with Gasteiger partial charge in [-0.25, -0.2) is 19.2 Å². The lowest BCUT2D eigenvalue weighted by Crippen LogP contribution is -2.58. The Morgan fingerprint density at radius 3 is 1.19 bits per heavy atom. The van der Waals surface area contributed by atoms with E-state index in [1.165, 1.54) is 0 Å². The second kappa shape index (κ2) is 28.1. The number of ether oxygens (including phenoxy) is 4. The van der Waals surface area contributed by atoms with Crippen molar-refractivity contribution in [3.63, 3.8) is 0 Å². The van der Waals surface area contributed by atoms with Gasteiger partial charge in [0.1, 0.15) is 62.7 Å². The molecule has 422 valence electrons. The number of nitrogens with one attached hydrogen (secondary N) is 8. The molecule has 2 fully saturated rings. The molecule has 8 N–H and O–H groups in total. The highest BCUT2D eigenvalue weighted by atomic mass is 33.1. The van der Waals surface area contributed by atoms with Crippen LogP contribution in [0.25, 0.3) is 22.3 Å². The molecule has 4 aromatic rings. The third-order valence-electron chi connectivity index (χ3n) is 13.3. The summed E-state index contributed by atoms with van der Waals surface area (Å²) < 4.78 is 22.4. The Bertz CT molecular complexity index is 2720. The maximum atomic E-state index is 14.1. The predicted molar refractivity (Wildman–Crippen MR) is 301 cm³/mol. The van der Waals surface area contributed by atoms with Crippen LogP contribution in [0, 0.1) is 0 Å². The molecular weight excluding hydrogens is 1110 g/mol. The summed E-state index contributed by atoms with van der Waals surface area (Å²) in [4.78, 5) is 138. The first-order valence-corrected chi connectivity index (χ1v) is 30.5. The molecule has 0 aromatic heterocycles. The van der Waals surface area contributed by atoms with E-state index in [0.29, 0.717) is 0 Å². The summed E-state index contributed by atoms with van der Waals surface area (Å²) in [6.07, 6.45) is 1.21. The number of hydrogen-bond acceptors (Lipinski definition) is 18. The van der Waals surface area contributed by atoms with E-state index in [9.17, 15) is 47.9 Å². The third kappa shape index (κ3) is 14.9. The van der Waals surface area contributed by atoms with Crippen LogP contribution in [0.5, 0.6) is 0 Å². The van der Waals surface area contributed by atoms with Crippen molar-refractivity contribution < 1.29 is 66.9 Å². The van der Waals surface area contributed by atoms with E-state index in [-0.39, 0.29) is 48.1 Å². The van der Waals surface area contributed by atoms with Crippen LogP contribution in [0.1, 0.15) is 34.1 Å². The lowest BCUT2D eigenvalue weighted by atomic mass is 9.98. The van der Waals surface area contributed by atoms with Crippen LogP contribution in [-0.4, -0.2) is 171 Å². The number of fused-ring (bicyclic) bond motifs is 11. The molecule has 2 heterocycles. The van der Waals surface area contributed by atoms with E-state index in [2.05, 4.69) is 42.5 Å². The molecule has 2 saturated heterocycles. The second-order valence-corrected chi connectivity index (χ2v) is 23.0. The van der Waals surface area contributed by atoms with Crippen LogP contribution in [0.4, 0.5) is 9.59 Å². The first-order chi connectivity index (χ1) is 38.7. The lowest BCUT2D eigenvalue weighted by Gasteiger charge is -2.25. The van der Waals surface area contributed by atoms with Gasteiger partial charge in [0.25, 0.3) is 0 Å². The van der Waals surface area contributed by atoms with E-state index in [0.717, 1.165) is 89.6 Å². The van der Waals surface area contributed by atoms with Gasteiger partial charge in [0, 0.05) is 34.8 Å². The monoisotopic (exact) mass is 1170 g/mol. The zero-order valence-electron chi connectivity index (χ0n) is 43.3. The number of carbonyl (C=O) groups excluding carboxylic acids is 10. The molecule has 2 bridgehead atoms. The minimum atomic E-state index is -1.65. The van der Waals surface area contributed by atoms with Gasteiger partial charge in [0.05, 0.1) is 13.1 Å². The molecule has 8 amide bonds. The predicted octanol–water partition coefficient (Wildman–Crippen LogP) is 2.19. The topological polar surface area (TPSA) is 304 Å². The van der Waals surface area contributed by atoms with E-state index in [1.807, 2.05) is 97.1 Å². The SMILES string of the molecule is CSC[C@H]1NC(=O)[C@H]2CSSC[C@@H](NC(=O)CNC(=O)[C@@H](NC(=O)OCC3c4ccccc4-c4ccccc43)COC1=O)C(=O)N[C@H](CSC)C(=O)OC[C@H](NC(=O)OCC1c3ccccc3-c3ccccc31)C(=O)NCC(=O)N2. The molecule has 0 spiro atoms. The molecule has 4 aromatic carbocycles. The summed E-state index contributed by atoms with van der Waals surface area (Å²) in [5.74, 6) is -8.61. The molecule has 0 unspecified atom stereocenters. The Morgan fingerprint density at radius 2 is 0.850 bits per heavy atom. The number of cyclic esters (lactones) is 2. The van der Waals surface area contributed by atoms with Crippen molar-refractivity contribution in [2.75, 3.05) is 75.0 Å². The van der Waals surface area contributed by atoms with Crippen LogP contribution in [0.3, 0.4) is 0 Å². The number of esters is 2. The minimum absolute atomic E-state index is 0.0447. The summed E-state index contributed by atoms with van der Waals surface area (Å²) in [6.45, 7) is -3.32. The van der Waals surface area contributed by atoms with Crippen molar-refractivity contribution in [3.05, 3.63) is 119 Å². The molecule has 26 heteroatoms. The van der Waals surface area contributed by atoms with Gasteiger partial charge in [-0.2, -0.15) is 23.5 Å². The molecule has 4 aliphatic rings. The van der Waals surface area contributed by atoms with Crippen molar-refractivity contribution in [1.29, 1.82) is 0 Å². The number of hydrogen-bond donors (Lipinski definition) is 8. The van der Waals surface area contributed by atoms with E-state index >= 15 is 0 Å². The van der Waals surface area contributed by atoms with Gasteiger partial charge in [-0.1, -0.05) is 119 Å². The van der Waals surface area contributed by atoms with Crippen LogP contribution in [0.2, 0.25) is 0 Å². The summed E-state index contributed by atoms with van der Waals surface area (Å²) in [5.41, 5.74) is 7.65. The summed E-state index contributed by atoms with van der Waals surface area (Å²) in [7, 11) is 2.02. The molecule has 22 nitrogen and oxygen atoms in total. The number of amides is 8. The van der Waals surface area contributed by atoms with Gasteiger partial charge in [-0.05, 0) is 57.0 Å². The van der Waals surface area contributed by atoms with Gasteiger partial charge in [-0.15, -0.1) is 0 Å². The van der Waals surface area contributed by atoms with Gasteiger partial charge in [-0.3, -0.25) is 28.8 Å². The standard InChI is InChI=1S/C54H58N8O14S4/c1-77-25-43-51(69)73-23-39(61-53(71)75-21-37-33-15-7-3-11-29(33)30-12-4-8-16-34(30)37)47(65)55-20-46(64)58-42-28-80-79-27-41(49(67)59-43)57-45(63)19-56-48(66)40(24-74-52(70)44(26-78-2)60-50(42)68)62-54(72)76-22-38-35-17-9-5-13-31(35)32-14-6-10-18-36(32)38/h3-18,37-44H,19-28H2,1-2H3,(H,55,65)(H,56,66)(H,57,63)(H,58,64)(H,59,67)(H,60,68)(H,61,71)(H,62,72)/t39-,40-,41+,42+,43+,44+/m0/s1. The molecule has 80 heavy (non-hydrogen) atoms. The minimum Gasteiger partial charge on any atom is -0.461 e. The largest absolute Gasteiger partial charge is 0.461 e. The maximum absolute atomic E-state index is 14.1. The van der Waals surface area contributed by atoms with Crippen molar-refractivity contribution in [2.24, 2.45) is 0 Å². The van der Waals surface area contributed by atoms with E-state index in [4.69, 9.17) is 18.9 Å². The fourth-order valence-electron chi connectivity index (χ4n) is 9.35. The maximum Gasteiger partial charge on any atom is 0.407 e. The Balaban J connectivity index is 0.988. The fraction of sp³-hybridized carbons (Fsp3) is 0.370. The Morgan fingerprint density at radius 1 is 0.512 bits per heavy atom. The molecule has 0 radical (unpaired) electrons.